The van der Waals surface area contributed by atoms with Crippen LogP contribution in [0.15, 0.2) is 24.3 Å². The maximum atomic E-state index is 13.4. The van der Waals surface area contributed by atoms with Gasteiger partial charge in [0.1, 0.15) is 5.88 Å². The Balaban J connectivity index is 2.59. The van der Waals surface area contributed by atoms with Crippen LogP contribution in [0.5, 0.6) is 34.5 Å². The second-order valence-corrected chi connectivity index (χ2v) is 6.38. The lowest BCUT2D eigenvalue weighted by molar-refractivity contribution is -0.131. The Morgan fingerprint density at radius 2 is 1.39 bits per heavy atom. The molecular weight excluding hydrogens is 460 g/mol. The van der Waals surface area contributed by atoms with Crippen molar-refractivity contribution in [2.45, 2.75) is 6.92 Å². The molecule has 0 aliphatic rings. The summed E-state index contributed by atoms with van der Waals surface area (Å²) in [5, 5.41) is 0. The van der Waals surface area contributed by atoms with Gasteiger partial charge in [0.15, 0.2) is 28.8 Å². The molecule has 2 rings (SSSR count). The Kier molecular flexibility index (Phi) is 9.17. The number of halogens is 1. The van der Waals surface area contributed by atoms with E-state index in [0.717, 1.165) is 0 Å². The molecule has 0 bridgehead atoms. The zero-order valence-corrected chi connectivity index (χ0v) is 19.4. The molecule has 0 atom stereocenters. The molecule has 0 fully saturated rings. The summed E-state index contributed by atoms with van der Waals surface area (Å²) in [6.07, 6.45) is -0.962. The first kappa shape index (κ1) is 25.6. The van der Waals surface area contributed by atoms with Crippen LogP contribution in [0, 0.1) is 0 Å². The normalized spacial score (nSPS) is 10.1. The summed E-state index contributed by atoms with van der Waals surface area (Å²) < 4.78 is 36.3. The minimum atomic E-state index is -0.962. The number of alkyl halides is 1. The van der Waals surface area contributed by atoms with Crippen molar-refractivity contribution in [1.29, 1.82) is 0 Å². The highest BCUT2D eigenvalue weighted by Gasteiger charge is 2.26. The fourth-order valence-electron chi connectivity index (χ4n) is 2.82. The molecule has 0 saturated heterocycles. The molecule has 0 saturated carbocycles. The molecule has 2 aromatic carbocycles. The van der Waals surface area contributed by atoms with Crippen LogP contribution in [0.1, 0.15) is 22.8 Å². The number of ether oxygens (including phenoxy) is 7. The lowest BCUT2D eigenvalue weighted by Gasteiger charge is -2.17. The van der Waals surface area contributed by atoms with Crippen LogP contribution in [0.2, 0.25) is 0 Å². The second-order valence-electron chi connectivity index (χ2n) is 6.11. The van der Waals surface area contributed by atoms with E-state index < -0.39 is 23.8 Å². The average Bonchev–Trinajstić information content (AvgIpc) is 2.83. The predicted molar refractivity (Wildman–Crippen MR) is 117 cm³/mol. The van der Waals surface area contributed by atoms with Gasteiger partial charge in [-0.15, -0.1) is 11.6 Å². The van der Waals surface area contributed by atoms with Crippen LogP contribution in [-0.2, 0) is 9.53 Å². The Bertz CT molecular complexity index is 1010. The van der Waals surface area contributed by atoms with E-state index in [1.165, 1.54) is 52.7 Å². The van der Waals surface area contributed by atoms with Gasteiger partial charge in [-0.2, -0.15) is 0 Å². The van der Waals surface area contributed by atoms with Crippen LogP contribution in [-0.4, -0.2) is 58.8 Å². The number of ketones is 1. The third-order valence-corrected chi connectivity index (χ3v) is 4.46. The molecule has 11 heteroatoms. The van der Waals surface area contributed by atoms with Crippen LogP contribution < -0.4 is 28.4 Å². The monoisotopic (exact) mass is 482 g/mol. The molecule has 0 N–H and O–H groups in total. The van der Waals surface area contributed by atoms with E-state index in [0.29, 0.717) is 0 Å². The van der Waals surface area contributed by atoms with Crippen molar-refractivity contribution < 1.29 is 47.5 Å². The van der Waals surface area contributed by atoms with Crippen LogP contribution >= 0.6 is 11.6 Å². The van der Waals surface area contributed by atoms with Crippen LogP contribution in [0.4, 0.5) is 4.79 Å². The SMILES string of the molecule is CCOC(=O)Oc1c(OC)cc(C(=O)c2ccc(OC)c(OC(=O)CCl)c2OC)cc1OC. The van der Waals surface area contributed by atoms with E-state index in [1.807, 2.05) is 0 Å². The number of esters is 1. The lowest BCUT2D eigenvalue weighted by Crippen LogP contribution is -2.14. The molecule has 0 spiro atoms. The van der Waals surface area contributed by atoms with Gasteiger partial charge in [-0.05, 0) is 31.2 Å². The van der Waals surface area contributed by atoms with Crippen molar-refractivity contribution in [3.63, 3.8) is 0 Å². The van der Waals surface area contributed by atoms with Crippen molar-refractivity contribution >= 4 is 29.5 Å². The fourth-order valence-corrected chi connectivity index (χ4v) is 2.88. The molecule has 0 heterocycles. The van der Waals surface area contributed by atoms with Gasteiger partial charge >= 0.3 is 12.1 Å². The summed E-state index contributed by atoms with van der Waals surface area (Å²) in [6, 6.07) is 5.60. The van der Waals surface area contributed by atoms with Crippen molar-refractivity contribution in [3.05, 3.63) is 35.4 Å². The van der Waals surface area contributed by atoms with Gasteiger partial charge in [0.05, 0.1) is 40.6 Å². The van der Waals surface area contributed by atoms with Crippen LogP contribution in [0.25, 0.3) is 0 Å². The maximum absolute atomic E-state index is 13.4. The van der Waals surface area contributed by atoms with E-state index in [2.05, 4.69) is 0 Å². The summed E-state index contributed by atoms with van der Waals surface area (Å²) in [4.78, 5) is 36.9. The van der Waals surface area contributed by atoms with E-state index >= 15 is 0 Å². The van der Waals surface area contributed by atoms with Gasteiger partial charge in [0.2, 0.25) is 11.5 Å². The van der Waals surface area contributed by atoms with Gasteiger partial charge in [-0.1, -0.05) is 0 Å². The molecule has 33 heavy (non-hydrogen) atoms. The third-order valence-electron chi connectivity index (χ3n) is 4.24. The molecule has 0 aliphatic heterocycles. The van der Waals surface area contributed by atoms with Crippen molar-refractivity contribution in [1.82, 2.24) is 0 Å². The molecule has 2 aromatic rings. The molecular formula is C22H23ClO10. The predicted octanol–water partition coefficient (Wildman–Crippen LogP) is 3.63. The van der Waals surface area contributed by atoms with E-state index in [-0.39, 0.29) is 52.2 Å². The number of carbonyl (C=O) groups excluding carboxylic acids is 3. The first-order valence-electron chi connectivity index (χ1n) is 9.51. The molecule has 0 amide bonds. The fraction of sp³-hybridized carbons (Fsp3) is 0.318. The smallest absolute Gasteiger partial charge is 0.493 e. The first-order chi connectivity index (χ1) is 15.8. The van der Waals surface area contributed by atoms with Crippen molar-refractivity contribution in [2.24, 2.45) is 0 Å². The third kappa shape index (κ3) is 5.78. The largest absolute Gasteiger partial charge is 0.514 e. The quantitative estimate of drug-likeness (QED) is 0.163. The van der Waals surface area contributed by atoms with Crippen molar-refractivity contribution in [2.75, 3.05) is 40.9 Å². The number of methoxy groups -OCH3 is 4. The van der Waals surface area contributed by atoms with E-state index in [4.69, 9.17) is 44.8 Å². The molecule has 10 nitrogen and oxygen atoms in total. The molecule has 0 aliphatic carbocycles. The molecule has 0 aromatic heterocycles. The summed E-state index contributed by atoms with van der Waals surface area (Å²) in [5.74, 6) is -1.65. The van der Waals surface area contributed by atoms with Gasteiger partial charge in [0.25, 0.3) is 0 Å². The second kappa shape index (κ2) is 11.8. The lowest BCUT2D eigenvalue weighted by atomic mass is 10.0. The van der Waals surface area contributed by atoms with Crippen molar-refractivity contribution in [3.8, 4) is 34.5 Å². The highest BCUT2D eigenvalue weighted by molar-refractivity contribution is 6.26. The first-order valence-corrected chi connectivity index (χ1v) is 10.0. The Morgan fingerprint density at radius 3 is 1.88 bits per heavy atom. The average molecular weight is 483 g/mol. The zero-order chi connectivity index (χ0) is 24.5. The number of carbonyl (C=O) groups is 3. The highest BCUT2D eigenvalue weighted by atomic mass is 35.5. The summed E-state index contributed by atoms with van der Waals surface area (Å²) in [5.41, 5.74) is 0.164. The summed E-state index contributed by atoms with van der Waals surface area (Å²) in [6.45, 7) is 1.73. The van der Waals surface area contributed by atoms with Gasteiger partial charge in [0, 0.05) is 5.56 Å². The summed E-state index contributed by atoms with van der Waals surface area (Å²) in [7, 11) is 5.34. The van der Waals surface area contributed by atoms with Crippen LogP contribution in [0.3, 0.4) is 0 Å². The number of rotatable bonds is 10. The minimum Gasteiger partial charge on any atom is -0.493 e. The molecule has 178 valence electrons. The van der Waals surface area contributed by atoms with Gasteiger partial charge in [-0.3, -0.25) is 9.59 Å². The number of hydrogen-bond donors (Lipinski definition) is 0. The zero-order valence-electron chi connectivity index (χ0n) is 18.7. The van der Waals surface area contributed by atoms with E-state index in [9.17, 15) is 14.4 Å². The number of hydrogen-bond acceptors (Lipinski definition) is 10. The maximum Gasteiger partial charge on any atom is 0.514 e. The topological polar surface area (TPSA) is 116 Å². The minimum absolute atomic E-state index is 0.0393. The summed E-state index contributed by atoms with van der Waals surface area (Å²) >= 11 is 5.53. The Morgan fingerprint density at radius 1 is 0.788 bits per heavy atom. The van der Waals surface area contributed by atoms with Gasteiger partial charge in [-0.25, -0.2) is 4.79 Å². The Hall–Kier alpha value is -3.66. The standard InChI is InChI=1S/C22H23ClO10/c1-6-31-22(26)33-20-15(28-3)9-12(10-16(20)29-4)18(25)13-7-8-14(27-2)21(19(13)30-5)32-17(24)11-23/h7-10H,6,11H2,1-5H3. The molecule has 0 unspecified atom stereocenters. The highest BCUT2D eigenvalue weighted by Crippen LogP contribution is 2.43. The molecule has 0 radical (unpaired) electrons. The van der Waals surface area contributed by atoms with Gasteiger partial charge < -0.3 is 33.2 Å². The number of benzene rings is 2. The van der Waals surface area contributed by atoms with E-state index in [1.54, 1.807) is 6.92 Å². The Labute approximate surface area is 195 Å².